The van der Waals surface area contributed by atoms with Crippen molar-refractivity contribution < 1.29 is 32.6 Å². The smallest absolute Gasteiger partial charge is 0.397 e. The van der Waals surface area contributed by atoms with E-state index in [9.17, 15) is 27.9 Å². The molecule has 162 valence electrons. The largest absolute Gasteiger partial charge is 0.491 e. The quantitative estimate of drug-likeness (QED) is 0.701. The van der Waals surface area contributed by atoms with Crippen molar-refractivity contribution in [2.45, 2.75) is 45.8 Å². The molecule has 8 heteroatoms. The summed E-state index contributed by atoms with van der Waals surface area (Å²) in [5.41, 5.74) is -2.66. The second-order valence-corrected chi connectivity index (χ2v) is 8.84. The second-order valence-electron chi connectivity index (χ2n) is 8.84. The number of hydrogen-bond donors (Lipinski definition) is 2. The van der Waals surface area contributed by atoms with Crippen molar-refractivity contribution in [1.29, 1.82) is 0 Å². The number of halogens is 3. The zero-order chi connectivity index (χ0) is 22.3. The molecular formula is C22H24F3NO4. The van der Waals surface area contributed by atoms with Gasteiger partial charge in [0.05, 0.1) is 5.56 Å². The van der Waals surface area contributed by atoms with Gasteiger partial charge in [0, 0.05) is 5.39 Å². The van der Waals surface area contributed by atoms with Crippen molar-refractivity contribution in [2.24, 2.45) is 10.8 Å². The Morgan fingerprint density at radius 1 is 1.13 bits per heavy atom. The fraction of sp³-hybridized carbons (Fsp3) is 0.455. The Balaban J connectivity index is 1.97. The van der Waals surface area contributed by atoms with E-state index in [4.69, 9.17) is 4.74 Å². The normalized spacial score (nSPS) is 16.7. The Bertz CT molecular complexity index is 974. The molecule has 2 aromatic carbocycles. The van der Waals surface area contributed by atoms with Crippen LogP contribution in [-0.4, -0.2) is 35.8 Å². The maximum absolute atomic E-state index is 13.3. The molecule has 1 amide bonds. The van der Waals surface area contributed by atoms with Gasteiger partial charge >= 0.3 is 12.1 Å². The molecule has 2 aromatic rings. The third-order valence-corrected chi connectivity index (χ3v) is 5.46. The summed E-state index contributed by atoms with van der Waals surface area (Å²) >= 11 is 0. The first-order valence-corrected chi connectivity index (χ1v) is 9.61. The van der Waals surface area contributed by atoms with E-state index in [0.717, 1.165) is 0 Å². The summed E-state index contributed by atoms with van der Waals surface area (Å²) in [5, 5.41) is 13.2. The first-order chi connectivity index (χ1) is 13.9. The number of carbonyl (C=O) groups is 2. The molecular weight excluding hydrogens is 399 g/mol. The highest BCUT2D eigenvalue weighted by Gasteiger charge is 2.64. The van der Waals surface area contributed by atoms with Crippen molar-refractivity contribution in [3.63, 3.8) is 0 Å². The van der Waals surface area contributed by atoms with Crippen LogP contribution in [0.5, 0.6) is 5.75 Å². The molecule has 1 fully saturated rings. The maximum atomic E-state index is 13.3. The summed E-state index contributed by atoms with van der Waals surface area (Å²) < 4.78 is 45.6. The Morgan fingerprint density at radius 3 is 2.30 bits per heavy atom. The lowest BCUT2D eigenvalue weighted by Gasteiger charge is -2.28. The van der Waals surface area contributed by atoms with Gasteiger partial charge in [0.15, 0.2) is 0 Å². The number of fused-ring (bicyclic) bond motifs is 1. The number of aliphatic carboxylic acids is 1. The van der Waals surface area contributed by atoms with Crippen molar-refractivity contribution in [1.82, 2.24) is 5.32 Å². The molecule has 0 unspecified atom stereocenters. The molecule has 0 aromatic heterocycles. The molecule has 0 spiro atoms. The fourth-order valence-corrected chi connectivity index (χ4v) is 3.31. The molecule has 0 aliphatic heterocycles. The summed E-state index contributed by atoms with van der Waals surface area (Å²) in [7, 11) is 0. The standard InChI is InChI=1S/C22H24F3NO4/c1-20(2,3)17(19(28)29)26-18(27)15-9-8-13-6-4-5-7-14(13)16(15)30-12-21(10-11-21)22(23,24)25/h4-9,17H,10-12H2,1-3H3,(H,26,27)(H,28,29)/t17-/m1/s1. The van der Waals surface area contributed by atoms with Gasteiger partial charge in [-0.2, -0.15) is 13.2 Å². The van der Waals surface area contributed by atoms with Gasteiger partial charge in [-0.25, -0.2) is 4.79 Å². The lowest BCUT2D eigenvalue weighted by molar-refractivity contribution is -0.194. The predicted molar refractivity (Wildman–Crippen MR) is 106 cm³/mol. The summed E-state index contributed by atoms with van der Waals surface area (Å²) in [5.74, 6) is -1.89. The minimum absolute atomic E-state index is 0.00201. The van der Waals surface area contributed by atoms with Gasteiger partial charge in [-0.1, -0.05) is 51.1 Å². The van der Waals surface area contributed by atoms with Crippen LogP contribution in [0.15, 0.2) is 36.4 Å². The number of ether oxygens (including phenoxy) is 1. The van der Waals surface area contributed by atoms with E-state index in [2.05, 4.69) is 5.32 Å². The van der Waals surface area contributed by atoms with Gasteiger partial charge in [-0.3, -0.25) is 4.79 Å². The SMILES string of the molecule is CC(C)(C)[C@H](NC(=O)c1ccc2ccccc2c1OCC1(C(F)(F)F)CC1)C(=O)O. The molecule has 0 radical (unpaired) electrons. The van der Waals surface area contributed by atoms with Crippen molar-refractivity contribution >= 4 is 22.6 Å². The minimum Gasteiger partial charge on any atom is -0.491 e. The molecule has 0 heterocycles. The molecule has 0 bridgehead atoms. The molecule has 30 heavy (non-hydrogen) atoms. The summed E-state index contributed by atoms with van der Waals surface area (Å²) in [4.78, 5) is 24.5. The van der Waals surface area contributed by atoms with Gasteiger partial charge in [-0.05, 0) is 29.7 Å². The highest BCUT2D eigenvalue weighted by Crippen LogP contribution is 2.57. The number of hydrogen-bond acceptors (Lipinski definition) is 3. The first kappa shape index (κ1) is 21.9. The number of carboxylic acids is 1. The fourth-order valence-electron chi connectivity index (χ4n) is 3.31. The lowest BCUT2D eigenvalue weighted by atomic mass is 9.86. The van der Waals surface area contributed by atoms with Crippen LogP contribution in [0.1, 0.15) is 44.0 Å². The van der Waals surface area contributed by atoms with Crippen LogP contribution in [0.25, 0.3) is 10.8 Å². The summed E-state index contributed by atoms with van der Waals surface area (Å²) in [6.45, 7) is 4.42. The monoisotopic (exact) mass is 423 g/mol. The predicted octanol–water partition coefficient (Wildman–Crippen LogP) is 4.79. The molecule has 1 aliphatic carbocycles. The Morgan fingerprint density at radius 2 is 1.77 bits per heavy atom. The summed E-state index contributed by atoms with van der Waals surface area (Å²) in [6, 6.07) is 8.80. The number of carbonyl (C=O) groups excluding carboxylic acids is 1. The van der Waals surface area contributed by atoms with Gasteiger partial charge < -0.3 is 15.2 Å². The number of nitrogens with one attached hydrogen (secondary N) is 1. The van der Waals surface area contributed by atoms with Crippen LogP contribution in [-0.2, 0) is 4.79 Å². The lowest BCUT2D eigenvalue weighted by Crippen LogP contribution is -2.49. The van der Waals surface area contributed by atoms with Crippen LogP contribution in [0.2, 0.25) is 0 Å². The van der Waals surface area contributed by atoms with Crippen LogP contribution in [0.3, 0.4) is 0 Å². The van der Waals surface area contributed by atoms with E-state index < -0.39 is 41.5 Å². The van der Waals surface area contributed by atoms with Crippen molar-refractivity contribution in [2.75, 3.05) is 6.61 Å². The maximum Gasteiger partial charge on any atom is 0.397 e. The van der Waals surface area contributed by atoms with Gasteiger partial charge in [0.1, 0.15) is 23.8 Å². The highest BCUT2D eigenvalue weighted by atomic mass is 19.4. The zero-order valence-electron chi connectivity index (χ0n) is 17.0. The summed E-state index contributed by atoms with van der Waals surface area (Å²) in [6.07, 6.45) is -4.43. The van der Waals surface area contributed by atoms with Crippen molar-refractivity contribution in [3.8, 4) is 5.75 Å². The highest BCUT2D eigenvalue weighted by molar-refractivity contribution is 6.05. The van der Waals surface area contributed by atoms with E-state index >= 15 is 0 Å². The van der Waals surface area contributed by atoms with E-state index in [1.807, 2.05) is 0 Å². The third-order valence-electron chi connectivity index (χ3n) is 5.46. The van der Waals surface area contributed by atoms with E-state index in [1.165, 1.54) is 6.07 Å². The second kappa shape index (κ2) is 7.49. The van der Waals surface area contributed by atoms with Crippen LogP contribution >= 0.6 is 0 Å². The average molecular weight is 423 g/mol. The molecule has 1 aliphatic rings. The molecule has 5 nitrogen and oxygen atoms in total. The van der Waals surface area contributed by atoms with Crippen LogP contribution in [0, 0.1) is 10.8 Å². The van der Waals surface area contributed by atoms with E-state index in [1.54, 1.807) is 51.1 Å². The van der Waals surface area contributed by atoms with Crippen molar-refractivity contribution in [3.05, 3.63) is 42.0 Å². The topological polar surface area (TPSA) is 75.6 Å². The zero-order valence-corrected chi connectivity index (χ0v) is 17.0. The number of rotatable bonds is 6. The Labute approximate surface area is 172 Å². The molecule has 2 N–H and O–H groups in total. The molecule has 0 saturated heterocycles. The van der Waals surface area contributed by atoms with E-state index in [-0.39, 0.29) is 24.2 Å². The van der Waals surface area contributed by atoms with Gasteiger partial charge in [-0.15, -0.1) is 0 Å². The molecule has 3 rings (SSSR count). The Kier molecular flexibility index (Phi) is 5.47. The van der Waals surface area contributed by atoms with Crippen LogP contribution < -0.4 is 10.1 Å². The average Bonchev–Trinajstić information content (AvgIpc) is 3.43. The minimum atomic E-state index is -4.39. The Hall–Kier alpha value is -2.77. The van der Waals surface area contributed by atoms with E-state index in [0.29, 0.717) is 10.8 Å². The first-order valence-electron chi connectivity index (χ1n) is 9.61. The van der Waals surface area contributed by atoms with Gasteiger partial charge in [0.2, 0.25) is 0 Å². The third kappa shape index (κ3) is 4.22. The number of carboxylic acid groups (broad SMARTS) is 1. The number of alkyl halides is 3. The number of benzene rings is 2. The molecule has 1 saturated carbocycles. The van der Waals surface area contributed by atoms with Gasteiger partial charge in [0.25, 0.3) is 5.91 Å². The van der Waals surface area contributed by atoms with Crippen LogP contribution in [0.4, 0.5) is 13.2 Å². The number of amides is 1. The molecule has 1 atom stereocenters.